The van der Waals surface area contributed by atoms with Crippen LogP contribution in [0.15, 0.2) is 0 Å². The Hall–Kier alpha value is -0.200. The van der Waals surface area contributed by atoms with E-state index in [0.29, 0.717) is 0 Å². The van der Waals surface area contributed by atoms with Gasteiger partial charge in [-0.05, 0) is 0 Å². The molecule has 6 N–H and O–H groups in total. The molecule has 1 unspecified atom stereocenters. The summed E-state index contributed by atoms with van der Waals surface area (Å²) in [7, 11) is 0. The summed E-state index contributed by atoms with van der Waals surface area (Å²) in [6, 6.07) is -0.995. The van der Waals surface area contributed by atoms with Crippen LogP contribution in [-0.2, 0) is 0 Å². The number of aliphatic hydroxyl groups is 4. The Balaban J connectivity index is 3.38. The van der Waals surface area contributed by atoms with Gasteiger partial charge in [-0.25, -0.2) is 0 Å². The normalized spacial score (nSPS) is 15.0. The molecule has 56 valence electrons. The number of hydrogen-bond donors (Lipinski definition) is 5. The second-order valence-electron chi connectivity index (χ2n) is 1.79. The molecule has 0 saturated heterocycles. The fraction of sp³-hybridized carbons (Fsp3) is 1.00. The third-order valence-electron chi connectivity index (χ3n) is 0.866. The smallest absolute Gasteiger partial charge is 0.167 e. The van der Waals surface area contributed by atoms with E-state index in [1.54, 1.807) is 0 Å². The number of aliphatic hydroxyl groups excluding tert-OH is 2. The van der Waals surface area contributed by atoms with E-state index in [2.05, 4.69) is 0 Å². The highest BCUT2D eigenvalue weighted by atomic mass is 16.5. The van der Waals surface area contributed by atoms with Gasteiger partial charge >= 0.3 is 0 Å². The van der Waals surface area contributed by atoms with Crippen molar-refractivity contribution in [2.24, 2.45) is 5.73 Å². The fourth-order valence-electron chi connectivity index (χ4n) is 0.365. The first kappa shape index (κ1) is 8.80. The lowest BCUT2D eigenvalue weighted by Gasteiger charge is -2.13. The number of rotatable bonds is 3. The van der Waals surface area contributed by atoms with Crippen molar-refractivity contribution < 1.29 is 20.4 Å². The van der Waals surface area contributed by atoms with Crippen molar-refractivity contribution in [2.75, 3.05) is 0 Å². The summed E-state index contributed by atoms with van der Waals surface area (Å²) in [4.78, 5) is 0. The van der Waals surface area contributed by atoms with Crippen molar-refractivity contribution in [1.29, 1.82) is 0 Å². The molecule has 0 amide bonds. The van der Waals surface area contributed by atoms with Crippen LogP contribution in [0.2, 0.25) is 0 Å². The molecule has 0 aromatic rings. The molecule has 0 heterocycles. The Morgan fingerprint density at radius 2 is 1.56 bits per heavy atom. The van der Waals surface area contributed by atoms with Gasteiger partial charge in [0.25, 0.3) is 0 Å². The standard InChI is InChI=1S/C4H11NO4/c5-2(4(8)9)1-3(6)7/h2-4,6-9H,1,5H2. The Bertz CT molecular complexity index is 75.0. The summed E-state index contributed by atoms with van der Waals surface area (Å²) in [5, 5.41) is 33.0. The summed E-state index contributed by atoms with van der Waals surface area (Å²) < 4.78 is 0. The van der Waals surface area contributed by atoms with Crippen LogP contribution < -0.4 is 5.73 Å². The summed E-state index contributed by atoms with van der Waals surface area (Å²) in [5.74, 6) is 0. The fourth-order valence-corrected chi connectivity index (χ4v) is 0.365. The van der Waals surface area contributed by atoms with Crippen LogP contribution in [0.3, 0.4) is 0 Å². The molecular formula is C4H11NO4. The van der Waals surface area contributed by atoms with E-state index in [4.69, 9.17) is 26.2 Å². The van der Waals surface area contributed by atoms with Gasteiger partial charge in [0.2, 0.25) is 0 Å². The van der Waals surface area contributed by atoms with Gasteiger partial charge in [0.05, 0.1) is 6.04 Å². The van der Waals surface area contributed by atoms with Crippen molar-refractivity contribution in [2.45, 2.75) is 25.0 Å². The molecule has 0 fully saturated rings. The summed E-state index contributed by atoms with van der Waals surface area (Å²) in [6.45, 7) is 0. The molecule has 0 bridgehead atoms. The van der Waals surface area contributed by atoms with Crippen LogP contribution in [-0.4, -0.2) is 39.0 Å². The van der Waals surface area contributed by atoms with Crippen LogP contribution in [0.1, 0.15) is 6.42 Å². The molecule has 0 saturated carbocycles. The molecule has 1 atom stereocenters. The molecular weight excluding hydrogens is 126 g/mol. The Morgan fingerprint density at radius 1 is 1.11 bits per heavy atom. The lowest BCUT2D eigenvalue weighted by atomic mass is 10.2. The van der Waals surface area contributed by atoms with Gasteiger partial charge in [-0.15, -0.1) is 0 Å². The maximum Gasteiger partial charge on any atom is 0.167 e. The average Bonchev–Trinajstić information content (AvgIpc) is 1.63. The van der Waals surface area contributed by atoms with Crippen LogP contribution in [0.5, 0.6) is 0 Å². The zero-order valence-electron chi connectivity index (χ0n) is 4.81. The molecule has 0 rings (SSSR count). The molecule has 9 heavy (non-hydrogen) atoms. The Labute approximate surface area is 52.4 Å². The third kappa shape index (κ3) is 4.31. The van der Waals surface area contributed by atoms with Crippen LogP contribution in [0.4, 0.5) is 0 Å². The van der Waals surface area contributed by atoms with Crippen molar-refractivity contribution in [3.63, 3.8) is 0 Å². The molecule has 0 radical (unpaired) electrons. The molecule has 0 aromatic heterocycles. The number of nitrogens with two attached hydrogens (primary N) is 1. The molecule has 5 nitrogen and oxygen atoms in total. The lowest BCUT2D eigenvalue weighted by molar-refractivity contribution is -0.0995. The highest BCUT2D eigenvalue weighted by Crippen LogP contribution is 1.94. The number of hydrogen-bond acceptors (Lipinski definition) is 5. The zero-order chi connectivity index (χ0) is 7.44. The summed E-state index contributed by atoms with van der Waals surface area (Å²) in [5.41, 5.74) is 5.00. The minimum Gasteiger partial charge on any atom is -0.368 e. The molecule has 0 spiro atoms. The summed E-state index contributed by atoms with van der Waals surface area (Å²) >= 11 is 0. The third-order valence-corrected chi connectivity index (χ3v) is 0.866. The van der Waals surface area contributed by atoms with Crippen LogP contribution in [0.25, 0.3) is 0 Å². The maximum absolute atomic E-state index is 8.28. The van der Waals surface area contributed by atoms with E-state index >= 15 is 0 Å². The van der Waals surface area contributed by atoms with Gasteiger partial charge in [0, 0.05) is 6.42 Å². The highest BCUT2D eigenvalue weighted by molar-refractivity contribution is 4.62. The molecule has 0 aromatic carbocycles. The molecule has 0 aliphatic rings. The Kier molecular flexibility index (Phi) is 3.67. The SMILES string of the molecule is NC(CC(O)O)C(O)O. The predicted octanol–water partition coefficient (Wildman–Crippen LogP) is -2.67. The minimum absolute atomic E-state index is 0.238. The van der Waals surface area contributed by atoms with Crippen molar-refractivity contribution in [1.82, 2.24) is 0 Å². The van der Waals surface area contributed by atoms with Crippen molar-refractivity contribution in [3.05, 3.63) is 0 Å². The quantitative estimate of drug-likeness (QED) is 0.273. The first-order valence-electron chi connectivity index (χ1n) is 2.52. The van der Waals surface area contributed by atoms with Crippen LogP contribution >= 0.6 is 0 Å². The van der Waals surface area contributed by atoms with Gasteiger partial charge in [-0.3, -0.25) is 0 Å². The van der Waals surface area contributed by atoms with E-state index in [0.717, 1.165) is 0 Å². The zero-order valence-corrected chi connectivity index (χ0v) is 4.81. The first-order valence-corrected chi connectivity index (χ1v) is 2.52. The monoisotopic (exact) mass is 137 g/mol. The average molecular weight is 137 g/mol. The molecule has 0 aliphatic carbocycles. The van der Waals surface area contributed by atoms with E-state index in [9.17, 15) is 0 Å². The van der Waals surface area contributed by atoms with Crippen LogP contribution in [0, 0.1) is 0 Å². The molecule has 5 heteroatoms. The summed E-state index contributed by atoms with van der Waals surface area (Å²) in [6.07, 6.45) is -3.51. The van der Waals surface area contributed by atoms with Gasteiger partial charge in [0.15, 0.2) is 12.6 Å². The first-order chi connectivity index (χ1) is 4.04. The van der Waals surface area contributed by atoms with Gasteiger partial charge in [-0.2, -0.15) is 0 Å². The maximum atomic E-state index is 8.28. The minimum atomic E-state index is -1.69. The van der Waals surface area contributed by atoms with Crippen molar-refractivity contribution >= 4 is 0 Å². The van der Waals surface area contributed by atoms with Gasteiger partial charge in [0.1, 0.15) is 0 Å². The second-order valence-corrected chi connectivity index (χ2v) is 1.79. The van der Waals surface area contributed by atoms with E-state index in [1.807, 2.05) is 0 Å². The topological polar surface area (TPSA) is 107 Å². The van der Waals surface area contributed by atoms with E-state index in [-0.39, 0.29) is 6.42 Å². The van der Waals surface area contributed by atoms with Crippen molar-refractivity contribution in [3.8, 4) is 0 Å². The highest BCUT2D eigenvalue weighted by Gasteiger charge is 2.13. The van der Waals surface area contributed by atoms with E-state index < -0.39 is 18.6 Å². The largest absolute Gasteiger partial charge is 0.368 e. The predicted molar refractivity (Wildman–Crippen MR) is 29.0 cm³/mol. The van der Waals surface area contributed by atoms with E-state index in [1.165, 1.54) is 0 Å². The lowest BCUT2D eigenvalue weighted by Crippen LogP contribution is -2.37. The van der Waals surface area contributed by atoms with Gasteiger partial charge in [-0.1, -0.05) is 0 Å². The van der Waals surface area contributed by atoms with Gasteiger partial charge < -0.3 is 26.2 Å². The second kappa shape index (κ2) is 3.76. The molecule has 0 aliphatic heterocycles. The Morgan fingerprint density at radius 3 is 1.67 bits per heavy atom.